The number of carboxylic acids is 1. The maximum absolute atomic E-state index is 13.3. The van der Waals surface area contributed by atoms with Crippen LogP contribution >= 0.6 is 11.3 Å². The van der Waals surface area contributed by atoms with Gasteiger partial charge < -0.3 is 15.2 Å². The van der Waals surface area contributed by atoms with Gasteiger partial charge in [-0.25, -0.2) is 23.9 Å². The Bertz CT molecular complexity index is 1660. The molecule has 12 heteroatoms. The highest BCUT2D eigenvalue weighted by Gasteiger charge is 2.33. The van der Waals surface area contributed by atoms with E-state index in [0.717, 1.165) is 11.6 Å². The van der Waals surface area contributed by atoms with Crippen LogP contribution in [0.25, 0.3) is 21.6 Å². The number of methoxy groups -OCH3 is 1. The van der Waals surface area contributed by atoms with Crippen LogP contribution in [0, 0.1) is 5.82 Å². The van der Waals surface area contributed by atoms with E-state index in [1.165, 1.54) is 31.4 Å². The number of carbonyl (C=O) groups excluding carboxylic acids is 1. The molecular formula is C29H21F4N3O4S. The number of hydrogen-bond donors (Lipinski definition) is 2. The van der Waals surface area contributed by atoms with Gasteiger partial charge in [-0.15, -0.1) is 11.3 Å². The van der Waals surface area contributed by atoms with Crippen molar-refractivity contribution in [3.8, 4) is 11.4 Å². The Kier molecular flexibility index (Phi) is 8.93. The minimum atomic E-state index is -4.51. The van der Waals surface area contributed by atoms with E-state index in [1.807, 2.05) is 0 Å². The number of alkyl halides is 3. The van der Waals surface area contributed by atoms with Gasteiger partial charge in [0.2, 0.25) is 0 Å². The van der Waals surface area contributed by atoms with Crippen molar-refractivity contribution < 1.29 is 37.0 Å². The first-order valence-corrected chi connectivity index (χ1v) is 12.7. The summed E-state index contributed by atoms with van der Waals surface area (Å²) < 4.78 is 57.7. The number of carbonyl (C=O) groups is 2. The van der Waals surface area contributed by atoms with Crippen LogP contribution in [0.2, 0.25) is 0 Å². The number of nitrogens with one attached hydrogen (secondary N) is 1. The lowest BCUT2D eigenvalue weighted by Gasteiger charge is -2.09. The zero-order valence-corrected chi connectivity index (χ0v) is 22.1. The first-order chi connectivity index (χ1) is 19.5. The zero-order chi connectivity index (χ0) is 29.6. The van der Waals surface area contributed by atoms with E-state index >= 15 is 0 Å². The molecule has 0 atom stereocenters. The first-order valence-electron chi connectivity index (χ1n) is 11.9. The number of ether oxygens (including phenoxy) is 1. The second-order valence-corrected chi connectivity index (χ2v) is 9.47. The molecule has 5 aromatic rings. The van der Waals surface area contributed by atoms with Gasteiger partial charge in [0, 0.05) is 12.1 Å². The standard InChI is InChI=1S/C22H15F4N3O2S.C7H6O2/c1-31-21(30)14-6-4-13(5-7-14)18-28-19(27-11-12-2-8-15(23)9-3-12)16-10-17(22(24,25)26)32-20(16)29-18;8-7(9)6-4-2-1-3-5-6/h2-10H,11H2,1H3,(H,27,28,29);1-5H,(H,8,9). The molecule has 2 N–H and O–H groups in total. The highest BCUT2D eigenvalue weighted by Crippen LogP contribution is 2.40. The fraction of sp³-hybridized carbons (Fsp3) is 0.103. The van der Waals surface area contributed by atoms with Gasteiger partial charge >= 0.3 is 18.1 Å². The number of halogens is 4. The van der Waals surface area contributed by atoms with Crippen molar-refractivity contribution in [1.82, 2.24) is 9.97 Å². The van der Waals surface area contributed by atoms with Gasteiger partial charge in [0.25, 0.3) is 0 Å². The molecule has 0 aliphatic carbocycles. The number of hydrogen-bond acceptors (Lipinski definition) is 7. The van der Waals surface area contributed by atoms with Crippen molar-refractivity contribution in [2.45, 2.75) is 12.7 Å². The predicted octanol–water partition coefficient (Wildman–Crippen LogP) is 7.30. The Morgan fingerprint density at radius 3 is 2.15 bits per heavy atom. The molecule has 0 unspecified atom stereocenters. The van der Waals surface area contributed by atoms with Crippen molar-refractivity contribution in [3.05, 3.63) is 112 Å². The van der Waals surface area contributed by atoms with Crippen LogP contribution in [0.15, 0.2) is 84.9 Å². The van der Waals surface area contributed by atoms with E-state index in [2.05, 4.69) is 20.0 Å². The molecule has 0 saturated carbocycles. The lowest BCUT2D eigenvalue weighted by atomic mass is 10.1. The highest BCUT2D eigenvalue weighted by molar-refractivity contribution is 7.18. The topological polar surface area (TPSA) is 101 Å². The fourth-order valence-electron chi connectivity index (χ4n) is 3.57. The molecule has 2 heterocycles. The van der Waals surface area contributed by atoms with Crippen LogP contribution in [0.1, 0.15) is 31.2 Å². The van der Waals surface area contributed by atoms with E-state index in [0.29, 0.717) is 28.0 Å². The second kappa shape index (κ2) is 12.6. The van der Waals surface area contributed by atoms with Gasteiger partial charge in [0.05, 0.1) is 23.6 Å². The SMILES string of the molecule is COC(=O)c1ccc(-c2nc(NCc3ccc(F)cc3)c3cc(C(F)(F)F)sc3n2)cc1.O=C(O)c1ccccc1. The minimum absolute atomic E-state index is 0.168. The summed E-state index contributed by atoms with van der Waals surface area (Å²) in [5, 5.41) is 11.6. The zero-order valence-electron chi connectivity index (χ0n) is 21.3. The Balaban J connectivity index is 0.000000367. The number of carboxylic acid groups (broad SMARTS) is 1. The summed E-state index contributed by atoms with van der Waals surface area (Å²) in [7, 11) is 1.27. The quantitative estimate of drug-likeness (QED) is 0.160. The summed E-state index contributed by atoms with van der Waals surface area (Å²) in [5.41, 5.74) is 1.90. The normalized spacial score (nSPS) is 11.0. The summed E-state index contributed by atoms with van der Waals surface area (Å²) >= 11 is 0.523. The number of nitrogens with zero attached hydrogens (tertiary/aromatic N) is 2. The number of aromatic nitrogens is 2. The van der Waals surface area contributed by atoms with E-state index < -0.39 is 23.0 Å². The largest absolute Gasteiger partial charge is 0.478 e. The molecule has 0 aliphatic rings. The predicted molar refractivity (Wildman–Crippen MR) is 146 cm³/mol. The first kappa shape index (κ1) is 29.2. The van der Waals surface area contributed by atoms with Crippen LogP contribution in [-0.4, -0.2) is 34.1 Å². The molecule has 41 heavy (non-hydrogen) atoms. The number of benzene rings is 3. The third-order valence-electron chi connectivity index (χ3n) is 5.63. The van der Waals surface area contributed by atoms with Crippen LogP contribution in [0.5, 0.6) is 0 Å². The smallest absolute Gasteiger partial charge is 0.425 e. The summed E-state index contributed by atoms with van der Waals surface area (Å²) in [4.78, 5) is 29.9. The van der Waals surface area contributed by atoms with Crippen molar-refractivity contribution in [2.24, 2.45) is 0 Å². The monoisotopic (exact) mass is 583 g/mol. The number of esters is 1. The van der Waals surface area contributed by atoms with E-state index in [4.69, 9.17) is 5.11 Å². The summed E-state index contributed by atoms with van der Waals surface area (Å²) in [5.74, 6) is -1.36. The van der Waals surface area contributed by atoms with Gasteiger partial charge in [-0.05, 0) is 48.0 Å². The van der Waals surface area contributed by atoms with Crippen LogP contribution in [-0.2, 0) is 17.5 Å². The molecule has 0 spiro atoms. The number of thiophene rings is 1. The van der Waals surface area contributed by atoms with Crippen LogP contribution in [0.4, 0.5) is 23.4 Å². The average Bonchev–Trinajstić information content (AvgIpc) is 3.43. The Hall–Kier alpha value is -4.84. The van der Waals surface area contributed by atoms with Gasteiger partial charge in [0.15, 0.2) is 5.82 Å². The number of anilines is 1. The Morgan fingerprint density at radius 1 is 0.927 bits per heavy atom. The van der Waals surface area contributed by atoms with Crippen LogP contribution in [0.3, 0.4) is 0 Å². The van der Waals surface area contributed by atoms with Crippen molar-refractivity contribution >= 4 is 39.3 Å². The van der Waals surface area contributed by atoms with E-state index in [1.54, 1.807) is 54.6 Å². The third kappa shape index (κ3) is 7.42. The summed E-state index contributed by atoms with van der Waals surface area (Å²) in [6.07, 6.45) is -4.51. The number of aromatic carboxylic acids is 1. The number of rotatable bonds is 6. The van der Waals surface area contributed by atoms with E-state index in [9.17, 15) is 27.2 Å². The summed E-state index contributed by atoms with van der Waals surface area (Å²) in [6, 6.07) is 21.3. The molecule has 0 saturated heterocycles. The van der Waals surface area contributed by atoms with Crippen molar-refractivity contribution in [2.75, 3.05) is 12.4 Å². The third-order valence-corrected chi connectivity index (χ3v) is 6.70. The molecule has 210 valence electrons. The molecular weight excluding hydrogens is 562 g/mol. The van der Waals surface area contributed by atoms with Gasteiger partial charge in [-0.2, -0.15) is 13.2 Å². The molecule has 0 aliphatic heterocycles. The molecule has 0 bridgehead atoms. The van der Waals surface area contributed by atoms with Gasteiger partial charge in [-0.3, -0.25) is 0 Å². The maximum Gasteiger partial charge on any atom is 0.425 e. The average molecular weight is 584 g/mol. The molecule has 0 radical (unpaired) electrons. The van der Waals surface area contributed by atoms with Crippen molar-refractivity contribution in [3.63, 3.8) is 0 Å². The van der Waals surface area contributed by atoms with Gasteiger partial charge in [0.1, 0.15) is 21.3 Å². The molecule has 5 rings (SSSR count). The minimum Gasteiger partial charge on any atom is -0.478 e. The molecule has 0 amide bonds. The van der Waals surface area contributed by atoms with Gasteiger partial charge in [-0.1, -0.05) is 42.5 Å². The highest BCUT2D eigenvalue weighted by atomic mass is 32.1. The van der Waals surface area contributed by atoms with E-state index in [-0.39, 0.29) is 34.2 Å². The second-order valence-electron chi connectivity index (χ2n) is 8.44. The molecule has 3 aromatic carbocycles. The van der Waals surface area contributed by atoms with Crippen molar-refractivity contribution in [1.29, 1.82) is 0 Å². The molecule has 7 nitrogen and oxygen atoms in total. The Labute approximate surface area is 235 Å². The fourth-order valence-corrected chi connectivity index (χ4v) is 4.47. The lowest BCUT2D eigenvalue weighted by Crippen LogP contribution is -2.04. The number of fused-ring (bicyclic) bond motifs is 1. The van der Waals surface area contributed by atoms with Crippen LogP contribution < -0.4 is 5.32 Å². The lowest BCUT2D eigenvalue weighted by molar-refractivity contribution is -0.134. The molecule has 2 aromatic heterocycles. The maximum atomic E-state index is 13.3. The molecule has 0 fully saturated rings. The Morgan fingerprint density at radius 2 is 1.59 bits per heavy atom. The summed E-state index contributed by atoms with van der Waals surface area (Å²) in [6.45, 7) is 0.226.